The summed E-state index contributed by atoms with van der Waals surface area (Å²) in [7, 11) is 2.14. The smallest absolute Gasteiger partial charge is 0.272 e. The van der Waals surface area contributed by atoms with Crippen LogP contribution in [0.1, 0.15) is 5.01 Å². The third kappa shape index (κ3) is 4.48. The normalized spacial score (nSPS) is 15.1. The van der Waals surface area contributed by atoms with Gasteiger partial charge in [-0.25, -0.2) is 9.97 Å². The highest BCUT2D eigenvalue weighted by Gasteiger charge is 2.17. The number of likely N-dealkylation sites (N-methyl/N-ethyl adjacent to an activating group) is 1. The molecule has 6 rings (SSSR count). The lowest BCUT2D eigenvalue weighted by molar-refractivity contribution is 0.162. The summed E-state index contributed by atoms with van der Waals surface area (Å²) in [5, 5.41) is 6.26. The summed E-state index contributed by atoms with van der Waals surface area (Å²) in [6.07, 6.45) is 3.66. The zero-order valence-corrected chi connectivity index (χ0v) is 21.1. The SMILES string of the molecule is Cc1ncc(-c2nc3[nH]c(=O)c(NCN4CCN(C)CC4)cc3cc2-c2ccc3ncccc3c2)s1. The number of benzene rings is 1. The van der Waals surface area contributed by atoms with Crippen molar-refractivity contribution in [3.63, 3.8) is 0 Å². The number of anilines is 1. The first kappa shape index (κ1) is 22.8. The van der Waals surface area contributed by atoms with E-state index in [1.54, 1.807) is 17.5 Å². The standard InChI is InChI=1S/C27H27N7OS/c1-17-29-15-24(36-17)25-21(18-5-6-22-19(12-18)4-3-7-28-22)13-20-14-23(27(35)32-26(20)31-25)30-16-34-10-8-33(2)9-11-34/h3-7,12-15,30H,8-11,16H2,1-2H3,(H,31,32,35). The van der Waals surface area contributed by atoms with Crippen molar-refractivity contribution in [1.82, 2.24) is 29.7 Å². The molecule has 0 bridgehead atoms. The van der Waals surface area contributed by atoms with Crippen LogP contribution >= 0.6 is 11.3 Å². The lowest BCUT2D eigenvalue weighted by Gasteiger charge is -2.32. The van der Waals surface area contributed by atoms with Crippen LogP contribution in [0, 0.1) is 6.92 Å². The van der Waals surface area contributed by atoms with E-state index in [-0.39, 0.29) is 5.56 Å². The van der Waals surface area contributed by atoms with Crippen LogP contribution in [0.5, 0.6) is 0 Å². The molecular formula is C27H27N7OS. The molecule has 5 heterocycles. The number of fused-ring (bicyclic) bond motifs is 2. The molecule has 1 aromatic carbocycles. The van der Waals surface area contributed by atoms with Crippen molar-refractivity contribution in [2.75, 3.05) is 45.2 Å². The van der Waals surface area contributed by atoms with Gasteiger partial charge >= 0.3 is 0 Å². The summed E-state index contributed by atoms with van der Waals surface area (Å²) < 4.78 is 0. The van der Waals surface area contributed by atoms with Crippen molar-refractivity contribution in [3.05, 3.63) is 70.2 Å². The van der Waals surface area contributed by atoms with E-state index in [0.29, 0.717) is 18.0 Å². The molecule has 9 heteroatoms. The summed E-state index contributed by atoms with van der Waals surface area (Å²) in [6, 6.07) is 14.3. The number of aromatic nitrogens is 4. The first-order valence-corrected chi connectivity index (χ1v) is 12.9. The van der Waals surface area contributed by atoms with Gasteiger partial charge in [0.1, 0.15) is 11.3 Å². The molecule has 0 amide bonds. The molecule has 8 nitrogen and oxygen atoms in total. The molecule has 0 saturated carbocycles. The maximum absolute atomic E-state index is 12.9. The van der Waals surface area contributed by atoms with E-state index in [2.05, 4.69) is 61.4 Å². The van der Waals surface area contributed by atoms with Gasteiger partial charge < -0.3 is 15.2 Å². The van der Waals surface area contributed by atoms with E-state index >= 15 is 0 Å². The Morgan fingerprint density at radius 3 is 2.72 bits per heavy atom. The highest BCUT2D eigenvalue weighted by Crippen LogP contribution is 2.36. The molecule has 0 spiro atoms. The van der Waals surface area contributed by atoms with E-state index in [9.17, 15) is 4.79 Å². The van der Waals surface area contributed by atoms with E-state index < -0.39 is 0 Å². The zero-order chi connectivity index (χ0) is 24.6. The number of piperazine rings is 1. The van der Waals surface area contributed by atoms with Crippen LogP contribution in [0.4, 0.5) is 5.69 Å². The Morgan fingerprint density at radius 2 is 1.92 bits per heavy atom. The van der Waals surface area contributed by atoms with E-state index in [4.69, 9.17) is 4.98 Å². The molecule has 0 radical (unpaired) electrons. The molecule has 0 aliphatic carbocycles. The first-order chi connectivity index (χ1) is 17.5. The maximum Gasteiger partial charge on any atom is 0.272 e. The predicted molar refractivity (Wildman–Crippen MR) is 147 cm³/mol. The molecule has 1 saturated heterocycles. The third-order valence-corrected chi connectivity index (χ3v) is 7.61. The molecule has 182 valence electrons. The molecule has 4 aromatic heterocycles. The highest BCUT2D eigenvalue weighted by molar-refractivity contribution is 7.15. The highest BCUT2D eigenvalue weighted by atomic mass is 32.1. The van der Waals surface area contributed by atoms with Gasteiger partial charge in [0.05, 0.1) is 27.8 Å². The maximum atomic E-state index is 12.9. The molecule has 0 unspecified atom stereocenters. The lowest BCUT2D eigenvalue weighted by atomic mass is 10.00. The average molecular weight is 498 g/mol. The van der Waals surface area contributed by atoms with E-state index in [0.717, 1.165) is 69.2 Å². The Kier molecular flexibility index (Phi) is 5.96. The molecule has 1 aliphatic heterocycles. The number of rotatable bonds is 5. The average Bonchev–Trinajstić information content (AvgIpc) is 3.33. The number of pyridine rings is 3. The van der Waals surface area contributed by atoms with Crippen molar-refractivity contribution in [3.8, 4) is 21.7 Å². The minimum atomic E-state index is -0.167. The van der Waals surface area contributed by atoms with Gasteiger partial charge in [0.2, 0.25) is 0 Å². The Hall–Kier alpha value is -3.66. The molecule has 5 aromatic rings. The predicted octanol–water partition coefficient (Wildman–Crippen LogP) is 4.19. The number of aryl methyl sites for hydroxylation is 1. The first-order valence-electron chi connectivity index (χ1n) is 12.0. The van der Waals surface area contributed by atoms with Crippen molar-refractivity contribution >= 4 is 39.0 Å². The van der Waals surface area contributed by atoms with Gasteiger partial charge in [0.25, 0.3) is 5.56 Å². The Balaban J connectivity index is 1.43. The van der Waals surface area contributed by atoms with Crippen LogP contribution in [0.2, 0.25) is 0 Å². The number of hydrogen-bond acceptors (Lipinski definition) is 8. The van der Waals surface area contributed by atoms with Crippen LogP contribution in [-0.4, -0.2) is 69.6 Å². The summed E-state index contributed by atoms with van der Waals surface area (Å²) in [4.78, 5) is 35.3. The fourth-order valence-electron chi connectivity index (χ4n) is 4.59. The van der Waals surface area contributed by atoms with Gasteiger partial charge in [0, 0.05) is 54.9 Å². The fraction of sp³-hybridized carbons (Fsp3) is 0.259. The third-order valence-electron chi connectivity index (χ3n) is 6.69. The second-order valence-corrected chi connectivity index (χ2v) is 10.5. The van der Waals surface area contributed by atoms with Crippen LogP contribution in [0.25, 0.3) is 43.6 Å². The van der Waals surface area contributed by atoms with Crippen molar-refractivity contribution in [1.29, 1.82) is 0 Å². The van der Waals surface area contributed by atoms with E-state index in [1.807, 2.05) is 31.3 Å². The van der Waals surface area contributed by atoms with Crippen LogP contribution in [0.15, 0.2) is 59.7 Å². The second-order valence-electron chi connectivity index (χ2n) is 9.25. The number of hydrogen-bond donors (Lipinski definition) is 2. The van der Waals surface area contributed by atoms with Crippen LogP contribution < -0.4 is 10.9 Å². The number of nitrogens with zero attached hydrogens (tertiary/aromatic N) is 5. The van der Waals surface area contributed by atoms with Gasteiger partial charge in [-0.15, -0.1) is 11.3 Å². The van der Waals surface area contributed by atoms with Gasteiger partial charge in [-0.2, -0.15) is 0 Å². The van der Waals surface area contributed by atoms with Gasteiger partial charge in [-0.3, -0.25) is 14.7 Å². The lowest BCUT2D eigenvalue weighted by Crippen LogP contribution is -2.46. The van der Waals surface area contributed by atoms with Crippen LogP contribution in [-0.2, 0) is 0 Å². The molecule has 2 N–H and O–H groups in total. The number of nitrogens with one attached hydrogen (secondary N) is 2. The molecule has 1 fully saturated rings. The Morgan fingerprint density at radius 1 is 1.06 bits per heavy atom. The second kappa shape index (κ2) is 9.42. The van der Waals surface area contributed by atoms with E-state index in [1.165, 1.54) is 0 Å². The van der Waals surface area contributed by atoms with Crippen molar-refractivity contribution in [2.45, 2.75) is 6.92 Å². The number of aromatic amines is 1. The summed E-state index contributed by atoms with van der Waals surface area (Å²) in [6.45, 7) is 6.65. The van der Waals surface area contributed by atoms with Crippen LogP contribution in [0.3, 0.4) is 0 Å². The minimum absolute atomic E-state index is 0.167. The zero-order valence-electron chi connectivity index (χ0n) is 20.3. The Labute approximate surface area is 212 Å². The molecule has 36 heavy (non-hydrogen) atoms. The summed E-state index contributed by atoms with van der Waals surface area (Å²) in [5.74, 6) is 0. The Bertz CT molecular complexity index is 1620. The fourth-order valence-corrected chi connectivity index (χ4v) is 5.37. The number of H-pyrrole nitrogens is 1. The quantitative estimate of drug-likeness (QED) is 0.376. The molecular weight excluding hydrogens is 470 g/mol. The summed E-state index contributed by atoms with van der Waals surface area (Å²) >= 11 is 1.59. The molecule has 1 aliphatic rings. The largest absolute Gasteiger partial charge is 0.368 e. The topological polar surface area (TPSA) is 90.0 Å². The monoisotopic (exact) mass is 497 g/mol. The summed E-state index contributed by atoms with van der Waals surface area (Å²) in [5.41, 5.74) is 4.75. The molecule has 0 atom stereocenters. The van der Waals surface area contributed by atoms with Crippen molar-refractivity contribution < 1.29 is 0 Å². The van der Waals surface area contributed by atoms with Gasteiger partial charge in [-0.05, 0) is 49.9 Å². The minimum Gasteiger partial charge on any atom is -0.368 e. The van der Waals surface area contributed by atoms with Gasteiger partial charge in [0.15, 0.2) is 0 Å². The van der Waals surface area contributed by atoms with Crippen molar-refractivity contribution in [2.24, 2.45) is 0 Å². The number of thiazole rings is 1. The van der Waals surface area contributed by atoms with Gasteiger partial charge in [-0.1, -0.05) is 12.1 Å².